The quantitative estimate of drug-likeness (QED) is 0.897. The first-order valence-corrected chi connectivity index (χ1v) is 7.18. The molecule has 106 valence electrons. The van der Waals surface area contributed by atoms with E-state index in [0.717, 1.165) is 38.3 Å². The molecule has 1 aliphatic rings. The van der Waals surface area contributed by atoms with Crippen molar-refractivity contribution in [3.05, 3.63) is 11.2 Å². The lowest BCUT2D eigenvalue weighted by Crippen LogP contribution is -2.47. The van der Waals surface area contributed by atoms with Crippen molar-refractivity contribution in [1.29, 1.82) is 0 Å². The molecule has 2 heterocycles. The summed E-state index contributed by atoms with van der Waals surface area (Å²) in [6, 6.07) is 0.801. The monoisotopic (exact) mass is 284 g/mol. The van der Waals surface area contributed by atoms with Crippen molar-refractivity contribution in [1.82, 2.24) is 15.3 Å². The lowest BCUT2D eigenvalue weighted by atomic mass is 10.1. The Hall–Kier alpha value is -1.07. The minimum atomic E-state index is 0.365. The Balaban J connectivity index is 2.26. The molecule has 0 saturated carbocycles. The van der Waals surface area contributed by atoms with Crippen LogP contribution in [0, 0.1) is 0 Å². The molecule has 0 spiro atoms. The molecule has 5 nitrogen and oxygen atoms in total. The Kier molecular flexibility index (Phi) is 5.22. The number of anilines is 1. The van der Waals surface area contributed by atoms with E-state index in [-0.39, 0.29) is 0 Å². The fourth-order valence-electron chi connectivity index (χ4n) is 2.44. The van der Waals surface area contributed by atoms with Gasteiger partial charge in [-0.25, -0.2) is 4.98 Å². The van der Waals surface area contributed by atoms with Crippen LogP contribution in [0.2, 0.25) is 5.02 Å². The highest BCUT2D eigenvalue weighted by molar-refractivity contribution is 6.32. The Labute approximate surface area is 119 Å². The standard InChI is InChI=1S/C13H21ClN4O/c1-3-7-18(10-5-4-6-15-8-10)12-11(14)9-16-13(17-12)19-2/h9-10,15H,3-8H2,1-2H3. The molecular weight excluding hydrogens is 264 g/mol. The van der Waals surface area contributed by atoms with Gasteiger partial charge in [0.15, 0.2) is 5.82 Å². The van der Waals surface area contributed by atoms with Crippen LogP contribution in [0.1, 0.15) is 26.2 Å². The highest BCUT2D eigenvalue weighted by Crippen LogP contribution is 2.28. The highest BCUT2D eigenvalue weighted by Gasteiger charge is 2.24. The number of halogens is 1. The van der Waals surface area contributed by atoms with E-state index in [1.54, 1.807) is 13.3 Å². The fourth-order valence-corrected chi connectivity index (χ4v) is 2.64. The SMILES string of the molecule is CCCN(c1nc(OC)ncc1Cl)C1CCCNC1. The third-order valence-electron chi connectivity index (χ3n) is 3.33. The summed E-state index contributed by atoms with van der Waals surface area (Å²) in [4.78, 5) is 10.7. The number of aromatic nitrogens is 2. The zero-order valence-corrected chi connectivity index (χ0v) is 12.3. The lowest BCUT2D eigenvalue weighted by Gasteiger charge is -2.35. The first-order valence-electron chi connectivity index (χ1n) is 6.80. The molecule has 1 atom stereocenters. The van der Waals surface area contributed by atoms with E-state index in [1.165, 1.54) is 6.42 Å². The summed E-state index contributed by atoms with van der Waals surface area (Å²) in [6.45, 7) is 5.17. The van der Waals surface area contributed by atoms with Crippen molar-refractivity contribution in [3.63, 3.8) is 0 Å². The molecule has 1 fully saturated rings. The van der Waals surface area contributed by atoms with E-state index < -0.39 is 0 Å². The molecular formula is C13H21ClN4O. The van der Waals surface area contributed by atoms with Gasteiger partial charge in [-0.05, 0) is 25.8 Å². The van der Waals surface area contributed by atoms with Gasteiger partial charge in [0.2, 0.25) is 0 Å². The lowest BCUT2D eigenvalue weighted by molar-refractivity contribution is 0.377. The van der Waals surface area contributed by atoms with Gasteiger partial charge < -0.3 is 15.0 Å². The van der Waals surface area contributed by atoms with Crippen molar-refractivity contribution >= 4 is 17.4 Å². The van der Waals surface area contributed by atoms with E-state index in [4.69, 9.17) is 16.3 Å². The molecule has 2 rings (SSSR count). The van der Waals surface area contributed by atoms with Gasteiger partial charge in [0.25, 0.3) is 0 Å². The van der Waals surface area contributed by atoms with Crippen LogP contribution < -0.4 is 15.0 Å². The second-order valence-electron chi connectivity index (χ2n) is 4.72. The summed E-state index contributed by atoms with van der Waals surface area (Å²) in [6.07, 6.45) is 5.02. The predicted molar refractivity (Wildman–Crippen MR) is 77.1 cm³/mol. The van der Waals surface area contributed by atoms with Crippen LogP contribution in [0.4, 0.5) is 5.82 Å². The van der Waals surface area contributed by atoms with Crippen molar-refractivity contribution < 1.29 is 4.74 Å². The van der Waals surface area contributed by atoms with Crippen molar-refractivity contribution in [2.75, 3.05) is 31.6 Å². The molecule has 1 aromatic rings. The molecule has 1 aliphatic heterocycles. The maximum absolute atomic E-state index is 6.26. The van der Waals surface area contributed by atoms with Gasteiger partial charge in [-0.3, -0.25) is 0 Å². The van der Waals surface area contributed by atoms with Gasteiger partial charge in [0, 0.05) is 19.1 Å². The van der Waals surface area contributed by atoms with E-state index in [2.05, 4.69) is 27.1 Å². The van der Waals surface area contributed by atoms with Crippen LogP contribution in [0.3, 0.4) is 0 Å². The van der Waals surface area contributed by atoms with Gasteiger partial charge in [-0.2, -0.15) is 4.98 Å². The molecule has 1 saturated heterocycles. The normalized spacial score (nSPS) is 19.2. The van der Waals surface area contributed by atoms with Crippen LogP contribution in [-0.4, -0.2) is 42.8 Å². The van der Waals surface area contributed by atoms with Gasteiger partial charge in [-0.1, -0.05) is 18.5 Å². The largest absolute Gasteiger partial charge is 0.467 e. The predicted octanol–water partition coefficient (Wildman–Crippen LogP) is 2.11. The molecule has 1 N–H and O–H groups in total. The second kappa shape index (κ2) is 6.91. The Morgan fingerprint density at radius 2 is 2.42 bits per heavy atom. The fraction of sp³-hybridized carbons (Fsp3) is 0.692. The molecule has 6 heteroatoms. The minimum absolute atomic E-state index is 0.365. The summed E-state index contributed by atoms with van der Waals surface area (Å²) in [7, 11) is 1.57. The number of ether oxygens (including phenoxy) is 1. The minimum Gasteiger partial charge on any atom is -0.467 e. The highest BCUT2D eigenvalue weighted by atomic mass is 35.5. The number of hydrogen-bond donors (Lipinski definition) is 1. The topological polar surface area (TPSA) is 50.3 Å². The number of nitrogens with one attached hydrogen (secondary N) is 1. The van der Waals surface area contributed by atoms with Crippen LogP contribution in [0.25, 0.3) is 0 Å². The van der Waals surface area contributed by atoms with Crippen LogP contribution in [0.15, 0.2) is 6.20 Å². The molecule has 0 aliphatic carbocycles. The summed E-state index contributed by atoms with van der Waals surface area (Å²) in [5.74, 6) is 0.782. The van der Waals surface area contributed by atoms with Crippen molar-refractivity contribution in [3.8, 4) is 6.01 Å². The number of nitrogens with zero attached hydrogens (tertiary/aromatic N) is 3. The third kappa shape index (κ3) is 3.48. The Morgan fingerprint density at radius 1 is 1.58 bits per heavy atom. The van der Waals surface area contributed by atoms with Gasteiger partial charge >= 0.3 is 6.01 Å². The molecule has 1 unspecified atom stereocenters. The molecule has 0 radical (unpaired) electrons. The number of methoxy groups -OCH3 is 1. The summed E-state index contributed by atoms with van der Waals surface area (Å²) < 4.78 is 5.10. The molecule has 19 heavy (non-hydrogen) atoms. The van der Waals surface area contributed by atoms with Crippen LogP contribution in [0.5, 0.6) is 6.01 Å². The summed E-state index contributed by atoms with van der Waals surface area (Å²) in [5.41, 5.74) is 0. The number of piperidine rings is 1. The van der Waals surface area contributed by atoms with E-state index in [0.29, 0.717) is 17.1 Å². The van der Waals surface area contributed by atoms with E-state index in [9.17, 15) is 0 Å². The smallest absolute Gasteiger partial charge is 0.318 e. The van der Waals surface area contributed by atoms with Crippen molar-refractivity contribution in [2.45, 2.75) is 32.2 Å². The average Bonchev–Trinajstić information content (AvgIpc) is 2.47. The second-order valence-corrected chi connectivity index (χ2v) is 5.13. The summed E-state index contributed by atoms with van der Waals surface area (Å²) in [5, 5.41) is 4.02. The van der Waals surface area contributed by atoms with Gasteiger partial charge in [0.1, 0.15) is 5.02 Å². The Morgan fingerprint density at radius 3 is 3.05 bits per heavy atom. The van der Waals surface area contributed by atoms with Crippen molar-refractivity contribution in [2.24, 2.45) is 0 Å². The average molecular weight is 285 g/mol. The first-order chi connectivity index (χ1) is 9.26. The third-order valence-corrected chi connectivity index (χ3v) is 3.60. The zero-order chi connectivity index (χ0) is 13.7. The van der Waals surface area contributed by atoms with Gasteiger partial charge in [0.05, 0.1) is 13.3 Å². The first kappa shape index (κ1) is 14.3. The van der Waals surface area contributed by atoms with Crippen LogP contribution in [-0.2, 0) is 0 Å². The van der Waals surface area contributed by atoms with E-state index in [1.807, 2.05) is 0 Å². The van der Waals surface area contributed by atoms with Gasteiger partial charge in [-0.15, -0.1) is 0 Å². The maximum Gasteiger partial charge on any atom is 0.318 e. The van der Waals surface area contributed by atoms with E-state index >= 15 is 0 Å². The molecule has 0 aromatic carbocycles. The number of rotatable bonds is 5. The molecule has 0 bridgehead atoms. The van der Waals surface area contributed by atoms with Crippen LogP contribution >= 0.6 is 11.6 Å². The Bertz CT molecular complexity index is 410. The molecule has 0 amide bonds. The molecule has 1 aromatic heterocycles. The maximum atomic E-state index is 6.26. The number of hydrogen-bond acceptors (Lipinski definition) is 5. The summed E-state index contributed by atoms with van der Waals surface area (Å²) >= 11 is 6.26. The zero-order valence-electron chi connectivity index (χ0n) is 11.5.